The minimum atomic E-state index is -0.360. The van der Waals surface area contributed by atoms with Gasteiger partial charge in [0.2, 0.25) is 0 Å². The maximum atomic E-state index is 12.2. The zero-order valence-electron chi connectivity index (χ0n) is 19.8. The summed E-state index contributed by atoms with van der Waals surface area (Å²) >= 11 is 0. The molecule has 0 spiro atoms. The molecule has 0 atom stereocenters. The number of nitrogens with two attached hydrogens (primary N) is 1. The van der Waals surface area contributed by atoms with Crippen molar-refractivity contribution in [2.45, 2.75) is 32.6 Å². The Balaban J connectivity index is 1.69. The molecule has 0 radical (unpaired) electrons. The summed E-state index contributed by atoms with van der Waals surface area (Å²) in [5.74, 6) is 1.00. The molecule has 2 aromatic carbocycles. The van der Waals surface area contributed by atoms with Gasteiger partial charge in [-0.15, -0.1) is 6.58 Å². The van der Waals surface area contributed by atoms with E-state index in [0.29, 0.717) is 29.5 Å². The minimum absolute atomic E-state index is 0.323. The van der Waals surface area contributed by atoms with Gasteiger partial charge in [-0.05, 0) is 69.0 Å². The normalized spacial score (nSPS) is 10.8. The Hall–Kier alpha value is -4.33. The maximum Gasteiger partial charge on any atom is 0.338 e. The lowest BCUT2D eigenvalue weighted by Gasteiger charge is -2.13. The number of allylic oxidation sites excluding steroid dienone is 1. The molecule has 180 valence electrons. The van der Waals surface area contributed by atoms with Gasteiger partial charge in [-0.3, -0.25) is 0 Å². The summed E-state index contributed by atoms with van der Waals surface area (Å²) in [4.78, 5) is 17.0. The average molecular weight is 471 g/mol. The van der Waals surface area contributed by atoms with Crippen LogP contribution in [-0.2, 0) is 11.2 Å². The quantitative estimate of drug-likeness (QED) is 0.109. The fourth-order valence-corrected chi connectivity index (χ4v) is 3.79. The van der Waals surface area contributed by atoms with Crippen molar-refractivity contribution in [1.29, 1.82) is 0 Å². The number of esters is 1. The van der Waals surface area contributed by atoms with Crippen LogP contribution in [0.5, 0.6) is 0 Å². The lowest BCUT2D eigenvalue weighted by molar-refractivity contribution is 0.0526. The highest BCUT2D eigenvalue weighted by atomic mass is 16.5. The van der Waals surface area contributed by atoms with Gasteiger partial charge in [0.25, 0.3) is 0 Å². The van der Waals surface area contributed by atoms with E-state index in [4.69, 9.17) is 15.5 Å². The molecule has 0 aliphatic carbocycles. The van der Waals surface area contributed by atoms with Gasteiger partial charge in [0.15, 0.2) is 5.65 Å². The molecule has 4 N–H and O–H groups in total. The summed E-state index contributed by atoms with van der Waals surface area (Å²) in [5, 5.41) is 11.3. The van der Waals surface area contributed by atoms with Gasteiger partial charge >= 0.3 is 5.97 Å². The molecule has 0 fully saturated rings. The fourth-order valence-electron chi connectivity index (χ4n) is 3.79. The number of nitrogens with zero attached hydrogens (tertiary/aromatic N) is 3. The van der Waals surface area contributed by atoms with Crippen LogP contribution in [0.1, 0.15) is 42.1 Å². The van der Waals surface area contributed by atoms with Gasteiger partial charge in [0, 0.05) is 28.7 Å². The van der Waals surface area contributed by atoms with E-state index in [-0.39, 0.29) is 5.97 Å². The number of hydrogen-bond acceptors (Lipinski definition) is 7. The number of nitrogens with one attached hydrogen (secondary N) is 2. The third-order valence-electron chi connectivity index (χ3n) is 5.45. The van der Waals surface area contributed by atoms with E-state index in [0.717, 1.165) is 48.3 Å². The highest BCUT2D eigenvalue weighted by Gasteiger charge is 2.14. The molecule has 0 amide bonds. The number of unbranched alkanes of at least 4 members (excludes halogenated alkanes) is 2. The molecule has 0 aliphatic rings. The smallest absolute Gasteiger partial charge is 0.338 e. The summed E-state index contributed by atoms with van der Waals surface area (Å²) in [7, 11) is 0. The molecule has 4 aromatic rings. The molecule has 35 heavy (non-hydrogen) atoms. The summed E-state index contributed by atoms with van der Waals surface area (Å²) in [6, 6.07) is 16.6. The highest BCUT2D eigenvalue weighted by molar-refractivity contribution is 5.90. The Morgan fingerprint density at radius 3 is 2.69 bits per heavy atom. The highest BCUT2D eigenvalue weighted by Crippen LogP contribution is 2.26. The van der Waals surface area contributed by atoms with E-state index in [1.165, 1.54) is 0 Å². The van der Waals surface area contributed by atoms with Gasteiger partial charge in [0.1, 0.15) is 11.6 Å². The molecule has 8 heteroatoms. The predicted octanol–water partition coefficient (Wildman–Crippen LogP) is 5.87. The molecular weight excluding hydrogens is 440 g/mol. The molecule has 2 aromatic heterocycles. The molecular formula is C27H30N6O2. The first-order chi connectivity index (χ1) is 17.1. The summed E-state index contributed by atoms with van der Waals surface area (Å²) in [6.07, 6.45) is 7.73. The van der Waals surface area contributed by atoms with Crippen LogP contribution in [0.4, 0.5) is 28.7 Å². The van der Waals surface area contributed by atoms with Crippen LogP contribution in [-0.4, -0.2) is 27.2 Å². The third kappa shape index (κ3) is 5.97. The van der Waals surface area contributed by atoms with Crippen LogP contribution < -0.4 is 16.4 Å². The number of fused-ring (bicyclic) bond motifs is 1. The number of hydrogen-bond donors (Lipinski definition) is 3. The molecule has 8 nitrogen and oxygen atoms in total. The van der Waals surface area contributed by atoms with Gasteiger partial charge in [-0.1, -0.05) is 18.2 Å². The van der Waals surface area contributed by atoms with Crippen LogP contribution in [0.15, 0.2) is 73.4 Å². The van der Waals surface area contributed by atoms with Crippen LogP contribution in [0.25, 0.3) is 5.65 Å². The number of aromatic nitrogens is 3. The zero-order valence-corrected chi connectivity index (χ0v) is 19.8. The third-order valence-corrected chi connectivity index (χ3v) is 5.45. The van der Waals surface area contributed by atoms with Gasteiger partial charge in [-0.2, -0.15) is 9.61 Å². The van der Waals surface area contributed by atoms with E-state index in [1.807, 2.05) is 54.7 Å². The topological polar surface area (TPSA) is 107 Å². The Morgan fingerprint density at radius 1 is 1.11 bits per heavy atom. The van der Waals surface area contributed by atoms with Crippen molar-refractivity contribution in [2.24, 2.45) is 0 Å². The van der Waals surface area contributed by atoms with Crippen molar-refractivity contribution in [3.63, 3.8) is 0 Å². The Labute approximate surface area is 204 Å². The van der Waals surface area contributed by atoms with Crippen molar-refractivity contribution in [1.82, 2.24) is 14.6 Å². The van der Waals surface area contributed by atoms with Crippen molar-refractivity contribution in [2.75, 3.05) is 23.0 Å². The van der Waals surface area contributed by atoms with Crippen molar-refractivity contribution >= 4 is 40.3 Å². The SMILES string of the molecule is C=CCCCCc1cnn2c(Nc3cccc(C(=O)OCC)c3)cc(Nc3cccc(N)c3)nc12. The maximum absolute atomic E-state index is 12.2. The van der Waals surface area contributed by atoms with Gasteiger partial charge in [0.05, 0.1) is 18.4 Å². The van der Waals surface area contributed by atoms with E-state index >= 15 is 0 Å². The van der Waals surface area contributed by atoms with Crippen LogP contribution in [0, 0.1) is 0 Å². The zero-order chi connectivity index (χ0) is 24.6. The lowest BCUT2D eigenvalue weighted by Crippen LogP contribution is -2.07. The van der Waals surface area contributed by atoms with Crippen LogP contribution >= 0.6 is 0 Å². The number of benzene rings is 2. The molecule has 0 aliphatic heterocycles. The van der Waals surface area contributed by atoms with Crippen molar-refractivity contribution in [3.05, 3.63) is 84.6 Å². The largest absolute Gasteiger partial charge is 0.462 e. The standard InChI is InChI=1S/C27H30N6O2/c1-3-5-6-7-10-20-18-29-33-25(31-22-13-8-11-19(15-22)27(34)35-4-2)17-24(32-26(20)33)30-23-14-9-12-21(28)16-23/h3,8-9,11-18,31H,1,4-7,10,28H2,2H3,(H,30,32). The molecule has 0 saturated carbocycles. The van der Waals surface area contributed by atoms with E-state index in [2.05, 4.69) is 22.3 Å². The summed E-state index contributed by atoms with van der Waals surface area (Å²) in [5.41, 5.74) is 10.5. The first-order valence-electron chi connectivity index (χ1n) is 11.7. The summed E-state index contributed by atoms with van der Waals surface area (Å²) in [6.45, 7) is 5.91. The van der Waals surface area contributed by atoms with E-state index < -0.39 is 0 Å². The molecule has 0 bridgehead atoms. The van der Waals surface area contributed by atoms with Gasteiger partial charge in [-0.25, -0.2) is 9.78 Å². The number of carbonyl (C=O) groups excluding carboxylic acids is 1. The first-order valence-corrected chi connectivity index (χ1v) is 11.7. The number of anilines is 5. The Morgan fingerprint density at radius 2 is 1.91 bits per heavy atom. The van der Waals surface area contributed by atoms with Crippen molar-refractivity contribution < 1.29 is 9.53 Å². The van der Waals surface area contributed by atoms with E-state index in [9.17, 15) is 4.79 Å². The Bertz CT molecular complexity index is 1330. The predicted molar refractivity (Wildman–Crippen MR) is 141 cm³/mol. The second kappa shape index (κ2) is 11.2. The second-order valence-corrected chi connectivity index (χ2v) is 8.14. The monoisotopic (exact) mass is 470 g/mol. The number of nitrogen functional groups attached to an aromatic ring is 1. The number of aryl methyl sites for hydroxylation is 1. The molecule has 0 saturated heterocycles. The number of rotatable bonds is 11. The summed E-state index contributed by atoms with van der Waals surface area (Å²) < 4.78 is 6.92. The van der Waals surface area contributed by atoms with E-state index in [1.54, 1.807) is 23.6 Å². The van der Waals surface area contributed by atoms with Crippen molar-refractivity contribution in [3.8, 4) is 0 Å². The van der Waals surface area contributed by atoms with Crippen LogP contribution in [0.2, 0.25) is 0 Å². The fraction of sp³-hybridized carbons (Fsp3) is 0.222. The average Bonchev–Trinajstić information content (AvgIpc) is 3.25. The molecule has 2 heterocycles. The van der Waals surface area contributed by atoms with Gasteiger partial charge < -0.3 is 21.1 Å². The molecule has 0 unspecified atom stereocenters. The number of carbonyl (C=O) groups is 1. The Kier molecular flexibility index (Phi) is 7.62. The molecule has 4 rings (SSSR count). The minimum Gasteiger partial charge on any atom is -0.462 e. The number of ether oxygens (including phenoxy) is 1. The second-order valence-electron chi connectivity index (χ2n) is 8.14. The lowest BCUT2D eigenvalue weighted by atomic mass is 10.1. The first kappa shape index (κ1) is 23.8. The van der Waals surface area contributed by atoms with Crippen LogP contribution in [0.3, 0.4) is 0 Å².